The van der Waals surface area contributed by atoms with Crippen LogP contribution in [0.3, 0.4) is 0 Å². The number of nitrogens with one attached hydrogen (secondary N) is 1. The fourth-order valence-electron chi connectivity index (χ4n) is 1.44. The first kappa shape index (κ1) is 13.8. The van der Waals surface area contributed by atoms with E-state index < -0.39 is 11.8 Å². The summed E-state index contributed by atoms with van der Waals surface area (Å²) in [6.07, 6.45) is 2.45. The van der Waals surface area contributed by atoms with E-state index in [0.717, 1.165) is 12.8 Å². The van der Waals surface area contributed by atoms with Gasteiger partial charge in [0.2, 0.25) is 0 Å². The standard InChI is InChI=1S/C12H15ClFNO2/c13-9-5-4-6-10(12(9)14)15-8-3-1-2-7-11(16)17/h4-6,15H,1-3,7-8H2,(H,16,17). The van der Waals surface area contributed by atoms with Crippen LogP contribution in [0.15, 0.2) is 18.2 Å². The summed E-state index contributed by atoms with van der Waals surface area (Å²) in [5, 5.41) is 11.5. The van der Waals surface area contributed by atoms with Crippen molar-refractivity contribution in [3.8, 4) is 0 Å². The number of hydrogen-bond donors (Lipinski definition) is 2. The van der Waals surface area contributed by atoms with E-state index in [-0.39, 0.29) is 11.4 Å². The van der Waals surface area contributed by atoms with Gasteiger partial charge in [0.05, 0.1) is 10.7 Å². The summed E-state index contributed by atoms with van der Waals surface area (Å²) in [4.78, 5) is 10.3. The van der Waals surface area contributed by atoms with Crippen molar-refractivity contribution in [2.24, 2.45) is 0 Å². The topological polar surface area (TPSA) is 49.3 Å². The smallest absolute Gasteiger partial charge is 0.303 e. The van der Waals surface area contributed by atoms with E-state index in [4.69, 9.17) is 16.7 Å². The van der Waals surface area contributed by atoms with Gasteiger partial charge in [-0.25, -0.2) is 4.39 Å². The zero-order valence-corrected chi connectivity index (χ0v) is 10.1. The lowest BCUT2D eigenvalue weighted by Crippen LogP contribution is -2.04. The molecule has 2 N–H and O–H groups in total. The summed E-state index contributed by atoms with van der Waals surface area (Å²) in [6.45, 7) is 0.608. The quantitative estimate of drug-likeness (QED) is 0.737. The summed E-state index contributed by atoms with van der Waals surface area (Å²) in [6, 6.07) is 4.80. The number of aliphatic carboxylic acids is 1. The largest absolute Gasteiger partial charge is 0.481 e. The second-order valence-corrected chi connectivity index (χ2v) is 4.14. The minimum atomic E-state index is -0.779. The Hall–Kier alpha value is -1.29. The summed E-state index contributed by atoms with van der Waals surface area (Å²) in [5.41, 5.74) is 0.385. The summed E-state index contributed by atoms with van der Waals surface area (Å²) < 4.78 is 13.4. The first-order valence-electron chi connectivity index (χ1n) is 5.51. The van der Waals surface area contributed by atoms with Crippen molar-refractivity contribution >= 4 is 23.3 Å². The number of carbonyl (C=O) groups is 1. The normalized spacial score (nSPS) is 10.2. The number of anilines is 1. The lowest BCUT2D eigenvalue weighted by atomic mass is 10.2. The summed E-state index contributed by atoms with van der Waals surface area (Å²) in [7, 11) is 0. The summed E-state index contributed by atoms with van der Waals surface area (Å²) >= 11 is 5.63. The van der Waals surface area contributed by atoms with E-state index in [1.54, 1.807) is 12.1 Å². The Morgan fingerprint density at radius 3 is 2.82 bits per heavy atom. The maximum Gasteiger partial charge on any atom is 0.303 e. The number of carboxylic acid groups (broad SMARTS) is 1. The average Bonchev–Trinajstić information content (AvgIpc) is 2.28. The number of unbranched alkanes of at least 4 members (excludes halogenated alkanes) is 2. The van der Waals surface area contributed by atoms with Gasteiger partial charge < -0.3 is 10.4 Å². The van der Waals surface area contributed by atoms with Crippen LogP contribution in [0.5, 0.6) is 0 Å². The minimum absolute atomic E-state index is 0.0980. The molecule has 3 nitrogen and oxygen atoms in total. The van der Waals surface area contributed by atoms with Gasteiger partial charge in [-0.05, 0) is 25.0 Å². The fourth-order valence-corrected chi connectivity index (χ4v) is 1.62. The lowest BCUT2D eigenvalue weighted by molar-refractivity contribution is -0.137. The third-order valence-corrected chi connectivity index (χ3v) is 2.63. The number of halogens is 2. The number of carboxylic acids is 1. The van der Waals surface area contributed by atoms with Gasteiger partial charge in [-0.1, -0.05) is 24.1 Å². The Balaban J connectivity index is 2.22. The van der Waals surface area contributed by atoms with E-state index in [2.05, 4.69) is 5.32 Å². The molecule has 5 heteroatoms. The molecule has 0 fully saturated rings. The van der Waals surface area contributed by atoms with Crippen LogP contribution >= 0.6 is 11.6 Å². The average molecular weight is 260 g/mol. The third-order valence-electron chi connectivity index (χ3n) is 2.33. The van der Waals surface area contributed by atoms with E-state index in [1.165, 1.54) is 6.07 Å². The monoisotopic (exact) mass is 259 g/mol. The molecule has 1 aromatic rings. The van der Waals surface area contributed by atoms with Crippen LogP contribution in [-0.2, 0) is 4.79 Å². The van der Waals surface area contributed by atoms with Crippen LogP contribution in [0, 0.1) is 5.82 Å². The van der Waals surface area contributed by atoms with Gasteiger partial charge in [-0.3, -0.25) is 4.79 Å². The molecule has 0 amide bonds. The van der Waals surface area contributed by atoms with E-state index in [9.17, 15) is 9.18 Å². The number of rotatable bonds is 7. The molecule has 0 aliphatic carbocycles. The van der Waals surface area contributed by atoms with Gasteiger partial charge in [0, 0.05) is 13.0 Å². The Morgan fingerprint density at radius 2 is 2.12 bits per heavy atom. The van der Waals surface area contributed by atoms with E-state index in [1.807, 2.05) is 0 Å². The van der Waals surface area contributed by atoms with Crippen LogP contribution in [0.1, 0.15) is 25.7 Å². The van der Waals surface area contributed by atoms with Crippen molar-refractivity contribution in [2.45, 2.75) is 25.7 Å². The van der Waals surface area contributed by atoms with Crippen molar-refractivity contribution in [1.29, 1.82) is 0 Å². The van der Waals surface area contributed by atoms with Gasteiger partial charge >= 0.3 is 5.97 Å². The van der Waals surface area contributed by atoms with Crippen LogP contribution < -0.4 is 5.32 Å². The van der Waals surface area contributed by atoms with E-state index in [0.29, 0.717) is 18.7 Å². The highest BCUT2D eigenvalue weighted by molar-refractivity contribution is 6.31. The van der Waals surface area contributed by atoms with Crippen molar-refractivity contribution in [1.82, 2.24) is 0 Å². The second kappa shape index (κ2) is 7.12. The highest BCUT2D eigenvalue weighted by Gasteiger charge is 2.04. The zero-order valence-electron chi connectivity index (χ0n) is 9.38. The highest BCUT2D eigenvalue weighted by atomic mass is 35.5. The Morgan fingerprint density at radius 1 is 1.35 bits per heavy atom. The molecule has 0 aliphatic heterocycles. The van der Waals surface area contributed by atoms with Crippen molar-refractivity contribution < 1.29 is 14.3 Å². The van der Waals surface area contributed by atoms with Gasteiger partial charge in [0.1, 0.15) is 0 Å². The minimum Gasteiger partial charge on any atom is -0.481 e. The lowest BCUT2D eigenvalue weighted by Gasteiger charge is -2.07. The zero-order chi connectivity index (χ0) is 12.7. The molecule has 0 saturated carbocycles. The molecule has 94 valence electrons. The predicted octanol–water partition coefficient (Wildman–Crippen LogP) is 3.54. The molecule has 0 heterocycles. The maximum atomic E-state index is 13.4. The van der Waals surface area contributed by atoms with Gasteiger partial charge in [0.15, 0.2) is 5.82 Å². The van der Waals surface area contributed by atoms with Crippen LogP contribution in [-0.4, -0.2) is 17.6 Å². The Labute approximate surface area is 105 Å². The van der Waals surface area contributed by atoms with Crippen LogP contribution in [0.4, 0.5) is 10.1 Å². The molecular weight excluding hydrogens is 245 g/mol. The molecule has 0 aliphatic rings. The molecule has 0 saturated heterocycles. The van der Waals surface area contributed by atoms with Crippen molar-refractivity contribution in [3.05, 3.63) is 29.0 Å². The Bertz CT molecular complexity index is 385. The molecule has 1 rings (SSSR count). The van der Waals surface area contributed by atoms with Crippen LogP contribution in [0.2, 0.25) is 5.02 Å². The van der Waals surface area contributed by atoms with Gasteiger partial charge in [0.25, 0.3) is 0 Å². The molecule has 0 atom stereocenters. The molecule has 0 unspecified atom stereocenters. The molecule has 0 aromatic heterocycles. The number of hydrogen-bond acceptors (Lipinski definition) is 2. The molecular formula is C12H15ClFNO2. The fraction of sp³-hybridized carbons (Fsp3) is 0.417. The first-order chi connectivity index (χ1) is 8.11. The number of benzene rings is 1. The highest BCUT2D eigenvalue weighted by Crippen LogP contribution is 2.21. The predicted molar refractivity (Wildman–Crippen MR) is 66.0 cm³/mol. The van der Waals surface area contributed by atoms with Crippen LogP contribution in [0.25, 0.3) is 0 Å². The molecule has 1 aromatic carbocycles. The molecule has 17 heavy (non-hydrogen) atoms. The molecule has 0 radical (unpaired) electrons. The van der Waals surface area contributed by atoms with Crippen molar-refractivity contribution in [3.63, 3.8) is 0 Å². The maximum absolute atomic E-state index is 13.4. The van der Waals surface area contributed by atoms with Gasteiger partial charge in [-0.2, -0.15) is 0 Å². The van der Waals surface area contributed by atoms with Crippen molar-refractivity contribution in [2.75, 3.05) is 11.9 Å². The summed E-state index contributed by atoms with van der Waals surface area (Å²) in [5.74, 6) is -1.22. The third kappa shape index (κ3) is 5.04. The molecule has 0 bridgehead atoms. The Kier molecular flexibility index (Phi) is 5.77. The van der Waals surface area contributed by atoms with Gasteiger partial charge in [-0.15, -0.1) is 0 Å². The first-order valence-corrected chi connectivity index (χ1v) is 5.88. The molecule has 0 spiro atoms. The SMILES string of the molecule is O=C(O)CCCCCNc1cccc(Cl)c1F. The van der Waals surface area contributed by atoms with E-state index >= 15 is 0 Å². The second-order valence-electron chi connectivity index (χ2n) is 3.73.